The van der Waals surface area contributed by atoms with Crippen molar-refractivity contribution < 1.29 is 4.79 Å². The number of pyridine rings is 1. The molecule has 0 atom stereocenters. The Morgan fingerprint density at radius 3 is 2.86 bits per heavy atom. The van der Waals surface area contributed by atoms with E-state index in [1.54, 1.807) is 36.7 Å². The van der Waals surface area contributed by atoms with Gasteiger partial charge in [0.25, 0.3) is 5.91 Å². The van der Waals surface area contributed by atoms with Crippen molar-refractivity contribution in [2.45, 2.75) is 0 Å². The van der Waals surface area contributed by atoms with Crippen molar-refractivity contribution >= 4 is 57.8 Å². The van der Waals surface area contributed by atoms with Gasteiger partial charge in [-0.05, 0) is 47.7 Å². The van der Waals surface area contributed by atoms with Crippen molar-refractivity contribution in [3.8, 4) is 0 Å². The van der Waals surface area contributed by atoms with Crippen LogP contribution in [0, 0.1) is 0 Å². The lowest BCUT2D eigenvalue weighted by atomic mass is 10.2. The summed E-state index contributed by atoms with van der Waals surface area (Å²) >= 11 is 13.2. The van der Waals surface area contributed by atoms with E-state index in [2.05, 4.69) is 15.3 Å². The van der Waals surface area contributed by atoms with Crippen LogP contribution < -0.4 is 5.32 Å². The van der Waals surface area contributed by atoms with Gasteiger partial charge < -0.3 is 5.32 Å². The minimum Gasteiger partial charge on any atom is -0.300 e. The van der Waals surface area contributed by atoms with Gasteiger partial charge in [-0.1, -0.05) is 29.3 Å². The number of nitrogens with zero attached hydrogens (tertiary/aromatic N) is 2. The molecule has 1 N–H and O–H groups in total. The number of hydrogen-bond acceptors (Lipinski definition) is 4. The molecule has 1 amide bonds. The third-order valence-electron chi connectivity index (χ3n) is 2.76. The van der Waals surface area contributed by atoms with Crippen LogP contribution in [0.5, 0.6) is 0 Å². The number of amides is 1. The molecule has 2 aromatic rings. The smallest absolute Gasteiger partial charge is 0.264 e. The average Bonchev–Trinajstić information content (AvgIpc) is 2.83. The van der Waals surface area contributed by atoms with Crippen LogP contribution in [0.25, 0.3) is 6.08 Å². The first kappa shape index (κ1) is 15.1. The number of aromatic nitrogens is 1. The standard InChI is InChI=1S/C15H9Cl2N3OS/c16-10-3-4-12(11(17)7-10)19-15-20-14(21)13(22-15)6-9-2-1-5-18-8-9/h1-8H,(H,19,20,21). The molecule has 0 unspecified atom stereocenters. The van der Waals surface area contributed by atoms with Gasteiger partial charge in [0.1, 0.15) is 0 Å². The van der Waals surface area contributed by atoms with Crippen molar-refractivity contribution in [2.24, 2.45) is 4.99 Å². The van der Waals surface area contributed by atoms with Crippen molar-refractivity contribution in [3.63, 3.8) is 0 Å². The Labute approximate surface area is 141 Å². The Hall–Kier alpha value is -1.82. The van der Waals surface area contributed by atoms with Gasteiger partial charge in [-0.3, -0.25) is 9.78 Å². The highest BCUT2D eigenvalue weighted by atomic mass is 35.5. The number of benzene rings is 1. The second kappa shape index (κ2) is 6.52. The number of amidine groups is 1. The summed E-state index contributed by atoms with van der Waals surface area (Å²) in [5, 5.41) is 4.15. The third-order valence-corrected chi connectivity index (χ3v) is 4.21. The van der Waals surface area contributed by atoms with Gasteiger partial charge in [0.05, 0.1) is 15.6 Å². The van der Waals surface area contributed by atoms with E-state index < -0.39 is 0 Å². The van der Waals surface area contributed by atoms with Gasteiger partial charge in [0.2, 0.25) is 0 Å². The average molecular weight is 350 g/mol. The van der Waals surface area contributed by atoms with Crippen molar-refractivity contribution in [1.29, 1.82) is 0 Å². The van der Waals surface area contributed by atoms with Gasteiger partial charge in [0, 0.05) is 17.4 Å². The Balaban J connectivity index is 1.85. The van der Waals surface area contributed by atoms with E-state index in [1.807, 2.05) is 12.1 Å². The summed E-state index contributed by atoms with van der Waals surface area (Å²) in [6, 6.07) is 8.69. The first-order valence-electron chi connectivity index (χ1n) is 6.26. The monoisotopic (exact) mass is 349 g/mol. The topological polar surface area (TPSA) is 54.4 Å². The fourth-order valence-corrected chi connectivity index (χ4v) is 3.06. The highest BCUT2D eigenvalue weighted by molar-refractivity contribution is 8.18. The van der Waals surface area contributed by atoms with Crippen LogP contribution in [-0.4, -0.2) is 16.1 Å². The van der Waals surface area contributed by atoms with Crippen molar-refractivity contribution in [1.82, 2.24) is 10.3 Å². The molecule has 0 saturated carbocycles. The first-order chi connectivity index (χ1) is 10.6. The SMILES string of the molecule is O=C1NC(=Nc2ccc(Cl)cc2Cl)SC1=Cc1cccnc1. The van der Waals surface area contributed by atoms with Gasteiger partial charge in [-0.2, -0.15) is 0 Å². The van der Waals surface area contributed by atoms with Gasteiger partial charge >= 0.3 is 0 Å². The molecule has 0 radical (unpaired) electrons. The zero-order valence-corrected chi connectivity index (χ0v) is 13.4. The lowest BCUT2D eigenvalue weighted by Gasteiger charge is -1.99. The molecule has 0 aliphatic carbocycles. The molecule has 0 spiro atoms. The van der Waals surface area contributed by atoms with Crippen LogP contribution in [0.3, 0.4) is 0 Å². The molecule has 1 saturated heterocycles. The molecule has 1 aliphatic heterocycles. The number of rotatable bonds is 2. The summed E-state index contributed by atoms with van der Waals surface area (Å²) in [5.74, 6) is -0.197. The molecular weight excluding hydrogens is 341 g/mol. The lowest BCUT2D eigenvalue weighted by molar-refractivity contribution is -0.115. The van der Waals surface area contributed by atoms with Crippen molar-refractivity contribution in [2.75, 3.05) is 0 Å². The molecule has 7 heteroatoms. The molecule has 1 aromatic heterocycles. The van der Waals surface area contributed by atoms with E-state index in [0.717, 1.165) is 5.56 Å². The molecule has 1 fully saturated rings. The first-order valence-corrected chi connectivity index (χ1v) is 7.84. The maximum Gasteiger partial charge on any atom is 0.264 e. The van der Waals surface area contributed by atoms with Gasteiger partial charge in [0.15, 0.2) is 5.17 Å². The van der Waals surface area contributed by atoms with Crippen molar-refractivity contribution in [3.05, 3.63) is 63.2 Å². The van der Waals surface area contributed by atoms with E-state index in [1.165, 1.54) is 11.8 Å². The fourth-order valence-electron chi connectivity index (χ4n) is 1.77. The number of carbonyl (C=O) groups excluding carboxylic acids is 1. The van der Waals surface area contributed by atoms with E-state index in [9.17, 15) is 4.79 Å². The number of halogens is 2. The molecule has 110 valence electrons. The van der Waals surface area contributed by atoms with Gasteiger partial charge in [-0.25, -0.2) is 4.99 Å². The van der Waals surface area contributed by atoms with Crippen LogP contribution >= 0.6 is 35.0 Å². The van der Waals surface area contributed by atoms with Crippen LogP contribution in [0.1, 0.15) is 5.56 Å². The molecule has 1 aromatic carbocycles. The van der Waals surface area contributed by atoms with E-state index in [4.69, 9.17) is 23.2 Å². The highest BCUT2D eigenvalue weighted by Gasteiger charge is 2.24. The predicted octanol–water partition coefficient (Wildman–Crippen LogP) is 4.28. The fraction of sp³-hybridized carbons (Fsp3) is 0. The predicted molar refractivity (Wildman–Crippen MR) is 91.5 cm³/mol. The molecular formula is C15H9Cl2N3OS. The third kappa shape index (κ3) is 3.50. The second-order valence-electron chi connectivity index (χ2n) is 4.36. The Kier molecular flexibility index (Phi) is 4.47. The summed E-state index contributed by atoms with van der Waals surface area (Å²) in [7, 11) is 0. The zero-order valence-electron chi connectivity index (χ0n) is 11.1. The quantitative estimate of drug-likeness (QED) is 0.823. The normalized spacial score (nSPS) is 18.0. The largest absolute Gasteiger partial charge is 0.300 e. The number of hydrogen-bond donors (Lipinski definition) is 1. The molecule has 1 aliphatic rings. The van der Waals surface area contributed by atoms with Crippen LogP contribution in [0.2, 0.25) is 10.0 Å². The van der Waals surface area contributed by atoms with Crippen LogP contribution in [0.4, 0.5) is 5.69 Å². The summed E-state index contributed by atoms with van der Waals surface area (Å²) in [6.45, 7) is 0. The Morgan fingerprint density at radius 2 is 2.14 bits per heavy atom. The number of thioether (sulfide) groups is 1. The van der Waals surface area contributed by atoms with E-state index >= 15 is 0 Å². The van der Waals surface area contributed by atoms with E-state index in [0.29, 0.717) is 25.8 Å². The number of carbonyl (C=O) groups is 1. The lowest BCUT2D eigenvalue weighted by Crippen LogP contribution is -2.19. The summed E-state index contributed by atoms with van der Waals surface area (Å²) in [6.07, 6.45) is 5.13. The second-order valence-corrected chi connectivity index (χ2v) is 6.24. The van der Waals surface area contributed by atoms with Crippen LogP contribution in [-0.2, 0) is 4.79 Å². The highest BCUT2D eigenvalue weighted by Crippen LogP contribution is 2.32. The molecule has 4 nitrogen and oxygen atoms in total. The molecule has 22 heavy (non-hydrogen) atoms. The summed E-state index contributed by atoms with van der Waals surface area (Å²) < 4.78 is 0. The van der Waals surface area contributed by atoms with Gasteiger partial charge in [-0.15, -0.1) is 0 Å². The summed E-state index contributed by atoms with van der Waals surface area (Å²) in [5.41, 5.74) is 1.41. The summed E-state index contributed by atoms with van der Waals surface area (Å²) in [4.78, 5) is 20.9. The minimum atomic E-state index is -0.197. The minimum absolute atomic E-state index is 0.197. The molecule has 0 bridgehead atoms. The maximum atomic E-state index is 12.0. The van der Waals surface area contributed by atoms with Crippen LogP contribution in [0.15, 0.2) is 52.6 Å². The zero-order chi connectivity index (χ0) is 15.5. The van der Waals surface area contributed by atoms with E-state index in [-0.39, 0.29) is 5.91 Å². The molecule has 3 rings (SSSR count). The number of nitrogens with one attached hydrogen (secondary N) is 1. The Morgan fingerprint density at radius 1 is 1.27 bits per heavy atom. The Bertz CT molecular complexity index is 791. The molecule has 2 heterocycles. The maximum absolute atomic E-state index is 12.0. The number of aliphatic imine (C=N–C) groups is 1.